The monoisotopic (exact) mass is 193 g/mol. The first-order chi connectivity index (χ1) is 6.84. The number of nitrogens with one attached hydrogen (secondary N) is 2. The maximum Gasteiger partial charge on any atom is 0.0298 e. The lowest BCUT2D eigenvalue weighted by Crippen LogP contribution is -2.40. The molecule has 3 nitrogen and oxygen atoms in total. The third kappa shape index (κ3) is 3.07. The number of rotatable bonds is 4. The molecule has 1 saturated heterocycles. The molecular weight excluding hydrogens is 174 g/mol. The van der Waals surface area contributed by atoms with Crippen molar-refractivity contribution >= 4 is 0 Å². The number of allylic oxidation sites excluding steroid dienone is 1. The average molecular weight is 193 g/mol. The van der Waals surface area contributed by atoms with Crippen molar-refractivity contribution in [2.45, 2.75) is 18.9 Å². The van der Waals surface area contributed by atoms with Crippen LogP contribution in [-0.4, -0.2) is 37.1 Å². The third-order valence-electron chi connectivity index (χ3n) is 2.60. The number of hydrogen-bond acceptors (Lipinski definition) is 3. The Hall–Kier alpha value is -0.960. The Morgan fingerprint density at radius 2 is 2.07 bits per heavy atom. The molecule has 0 bridgehead atoms. The summed E-state index contributed by atoms with van der Waals surface area (Å²) < 4.78 is 0. The topological polar surface area (TPSA) is 27.3 Å². The van der Waals surface area contributed by atoms with E-state index in [-0.39, 0.29) is 0 Å². The minimum absolute atomic E-state index is 0.704. The minimum atomic E-state index is 0.704. The van der Waals surface area contributed by atoms with E-state index >= 15 is 0 Å². The van der Waals surface area contributed by atoms with E-state index in [1.54, 1.807) is 0 Å². The molecule has 1 aliphatic carbocycles. The van der Waals surface area contributed by atoms with Gasteiger partial charge in [0.25, 0.3) is 0 Å². The Morgan fingerprint density at radius 1 is 1.36 bits per heavy atom. The summed E-state index contributed by atoms with van der Waals surface area (Å²) in [7, 11) is 0. The molecule has 0 spiro atoms. The van der Waals surface area contributed by atoms with Crippen molar-refractivity contribution in [2.75, 3.05) is 26.2 Å². The smallest absolute Gasteiger partial charge is 0.0298 e. The lowest BCUT2D eigenvalue weighted by Gasteiger charge is -2.25. The van der Waals surface area contributed by atoms with E-state index in [0.717, 1.165) is 31.9 Å². The molecular formula is C11H19N3. The Morgan fingerprint density at radius 3 is 2.71 bits per heavy atom. The standard InChI is InChI=1S/C11H19N3/c1-10(13-11-2-3-11)4-7-14-8-5-12-6-9-14/h4,7,11-13H,1-3,5-6,8-9H2/b7-4+. The molecule has 0 atom stereocenters. The van der Waals surface area contributed by atoms with Gasteiger partial charge in [0.1, 0.15) is 0 Å². The van der Waals surface area contributed by atoms with Crippen LogP contribution >= 0.6 is 0 Å². The highest BCUT2D eigenvalue weighted by Gasteiger charge is 2.20. The van der Waals surface area contributed by atoms with Gasteiger partial charge < -0.3 is 15.5 Å². The van der Waals surface area contributed by atoms with Crippen LogP contribution in [-0.2, 0) is 0 Å². The molecule has 14 heavy (non-hydrogen) atoms. The zero-order valence-electron chi connectivity index (χ0n) is 8.63. The van der Waals surface area contributed by atoms with Crippen molar-refractivity contribution in [3.8, 4) is 0 Å². The van der Waals surface area contributed by atoms with Gasteiger partial charge in [-0.3, -0.25) is 0 Å². The first-order valence-corrected chi connectivity index (χ1v) is 5.43. The summed E-state index contributed by atoms with van der Waals surface area (Å²) in [6.45, 7) is 8.37. The van der Waals surface area contributed by atoms with E-state index in [9.17, 15) is 0 Å². The molecule has 3 heteroatoms. The molecule has 78 valence electrons. The van der Waals surface area contributed by atoms with Crippen LogP contribution in [0.3, 0.4) is 0 Å². The Kier molecular flexibility index (Phi) is 3.09. The van der Waals surface area contributed by atoms with Crippen LogP contribution in [0.4, 0.5) is 0 Å². The maximum atomic E-state index is 3.98. The van der Waals surface area contributed by atoms with Crippen LogP contribution in [0.25, 0.3) is 0 Å². The van der Waals surface area contributed by atoms with E-state index in [2.05, 4.69) is 34.4 Å². The van der Waals surface area contributed by atoms with Gasteiger partial charge in [-0.1, -0.05) is 6.58 Å². The SMILES string of the molecule is C=C(/C=C/N1CCNCC1)NC1CC1. The molecule has 0 aromatic rings. The van der Waals surface area contributed by atoms with Gasteiger partial charge >= 0.3 is 0 Å². The fourth-order valence-electron chi connectivity index (χ4n) is 1.56. The van der Waals surface area contributed by atoms with Crippen molar-refractivity contribution in [1.29, 1.82) is 0 Å². The predicted molar refractivity (Wildman–Crippen MR) is 58.9 cm³/mol. The van der Waals surface area contributed by atoms with Gasteiger partial charge in [0.2, 0.25) is 0 Å². The second kappa shape index (κ2) is 4.51. The number of piperazine rings is 1. The number of hydrogen-bond donors (Lipinski definition) is 2. The van der Waals surface area contributed by atoms with Crippen LogP contribution < -0.4 is 10.6 Å². The number of nitrogens with zero attached hydrogens (tertiary/aromatic N) is 1. The Balaban J connectivity index is 1.70. The Labute approximate surface area is 85.9 Å². The Bertz CT molecular complexity index is 225. The van der Waals surface area contributed by atoms with E-state index in [1.807, 2.05) is 0 Å². The van der Waals surface area contributed by atoms with Crippen molar-refractivity contribution in [2.24, 2.45) is 0 Å². The molecule has 2 N–H and O–H groups in total. The summed E-state index contributed by atoms with van der Waals surface area (Å²) in [5, 5.41) is 6.70. The quantitative estimate of drug-likeness (QED) is 0.643. The van der Waals surface area contributed by atoms with E-state index < -0.39 is 0 Å². The maximum absolute atomic E-state index is 3.98. The summed E-state index contributed by atoms with van der Waals surface area (Å²) in [5.74, 6) is 0. The van der Waals surface area contributed by atoms with Gasteiger partial charge in [-0.25, -0.2) is 0 Å². The van der Waals surface area contributed by atoms with Crippen molar-refractivity contribution in [3.63, 3.8) is 0 Å². The van der Waals surface area contributed by atoms with Gasteiger partial charge in [-0.2, -0.15) is 0 Å². The summed E-state index contributed by atoms with van der Waals surface area (Å²) >= 11 is 0. The van der Waals surface area contributed by atoms with Gasteiger partial charge in [-0.05, 0) is 18.9 Å². The minimum Gasteiger partial charge on any atom is -0.383 e. The van der Waals surface area contributed by atoms with Crippen molar-refractivity contribution < 1.29 is 0 Å². The zero-order chi connectivity index (χ0) is 9.80. The van der Waals surface area contributed by atoms with Crippen LogP contribution in [0.2, 0.25) is 0 Å². The highest BCUT2D eigenvalue weighted by atomic mass is 15.2. The zero-order valence-corrected chi connectivity index (χ0v) is 8.63. The molecule has 1 saturated carbocycles. The molecule has 0 radical (unpaired) electrons. The summed E-state index contributed by atoms with van der Waals surface area (Å²) in [6, 6.07) is 0.704. The van der Waals surface area contributed by atoms with Gasteiger partial charge in [0, 0.05) is 44.1 Å². The van der Waals surface area contributed by atoms with Crippen LogP contribution in [0.5, 0.6) is 0 Å². The van der Waals surface area contributed by atoms with Crippen molar-refractivity contribution in [3.05, 3.63) is 24.6 Å². The van der Waals surface area contributed by atoms with Gasteiger partial charge in [0.05, 0.1) is 0 Å². The molecule has 2 fully saturated rings. The second-order valence-corrected chi connectivity index (χ2v) is 4.05. The van der Waals surface area contributed by atoms with Crippen LogP contribution in [0.1, 0.15) is 12.8 Å². The van der Waals surface area contributed by atoms with Gasteiger partial charge in [0.15, 0.2) is 0 Å². The van der Waals surface area contributed by atoms with Crippen molar-refractivity contribution in [1.82, 2.24) is 15.5 Å². The predicted octanol–water partition coefficient (Wildman–Crippen LogP) is 0.671. The van der Waals surface area contributed by atoms with Gasteiger partial charge in [-0.15, -0.1) is 0 Å². The molecule has 0 amide bonds. The molecule has 0 aromatic heterocycles. The van der Waals surface area contributed by atoms with E-state index in [1.165, 1.54) is 12.8 Å². The van der Waals surface area contributed by atoms with Crippen LogP contribution in [0.15, 0.2) is 24.6 Å². The van der Waals surface area contributed by atoms with E-state index in [4.69, 9.17) is 0 Å². The molecule has 0 unspecified atom stereocenters. The highest BCUT2D eigenvalue weighted by Crippen LogP contribution is 2.19. The molecule has 0 aromatic carbocycles. The second-order valence-electron chi connectivity index (χ2n) is 4.05. The van der Waals surface area contributed by atoms with Crippen LogP contribution in [0, 0.1) is 0 Å². The lowest BCUT2D eigenvalue weighted by atomic mass is 10.3. The normalized spacial score (nSPS) is 22.7. The summed E-state index contributed by atoms with van der Waals surface area (Å²) in [5.41, 5.74) is 1.05. The lowest BCUT2D eigenvalue weighted by molar-refractivity contribution is 0.324. The third-order valence-corrected chi connectivity index (χ3v) is 2.60. The summed E-state index contributed by atoms with van der Waals surface area (Å²) in [4.78, 5) is 2.33. The highest BCUT2D eigenvalue weighted by molar-refractivity contribution is 5.14. The van der Waals surface area contributed by atoms with E-state index in [0.29, 0.717) is 6.04 Å². The average Bonchev–Trinajstić information content (AvgIpc) is 3.00. The molecule has 1 aliphatic heterocycles. The molecule has 1 heterocycles. The fraction of sp³-hybridized carbons (Fsp3) is 0.636. The first kappa shape index (κ1) is 9.59. The largest absolute Gasteiger partial charge is 0.383 e. The molecule has 2 rings (SSSR count). The molecule has 2 aliphatic rings. The first-order valence-electron chi connectivity index (χ1n) is 5.43. The fourth-order valence-corrected chi connectivity index (χ4v) is 1.56. The summed E-state index contributed by atoms with van der Waals surface area (Å²) in [6.07, 6.45) is 6.85.